The minimum Gasteiger partial charge on any atom is -0.320 e. The van der Waals surface area contributed by atoms with Gasteiger partial charge < -0.3 is 5.32 Å². The van der Waals surface area contributed by atoms with Crippen molar-refractivity contribution in [3.63, 3.8) is 0 Å². The van der Waals surface area contributed by atoms with Crippen LogP contribution in [0.3, 0.4) is 0 Å². The van der Waals surface area contributed by atoms with Gasteiger partial charge >= 0.3 is 0 Å². The monoisotopic (exact) mass is 418 g/mol. The van der Waals surface area contributed by atoms with Gasteiger partial charge in [0.1, 0.15) is 5.69 Å². The van der Waals surface area contributed by atoms with Gasteiger partial charge in [-0.15, -0.1) is 0 Å². The Morgan fingerprint density at radius 3 is 2.55 bits per heavy atom. The van der Waals surface area contributed by atoms with E-state index in [9.17, 15) is 18.0 Å². The normalized spacial score (nSPS) is 15.2. The Morgan fingerprint density at radius 1 is 1.14 bits per heavy atom. The van der Waals surface area contributed by atoms with Gasteiger partial charge in [0.15, 0.2) is 0 Å². The Hall–Kier alpha value is -2.52. The lowest BCUT2D eigenvalue weighted by Gasteiger charge is -2.26. The molecule has 0 spiro atoms. The zero-order chi connectivity index (χ0) is 21.0. The van der Waals surface area contributed by atoms with Crippen molar-refractivity contribution in [2.45, 2.75) is 51.0 Å². The Labute approximate surface area is 170 Å². The van der Waals surface area contributed by atoms with Gasteiger partial charge in [-0.2, -0.15) is 9.40 Å². The molecule has 0 bridgehead atoms. The highest BCUT2D eigenvalue weighted by Gasteiger charge is 2.26. The van der Waals surface area contributed by atoms with Crippen molar-refractivity contribution < 1.29 is 13.2 Å². The van der Waals surface area contributed by atoms with Crippen LogP contribution in [-0.2, 0) is 16.6 Å². The van der Waals surface area contributed by atoms with E-state index >= 15 is 0 Å². The Bertz CT molecular complexity index is 1060. The molecule has 1 aromatic carbocycles. The summed E-state index contributed by atoms with van der Waals surface area (Å²) in [5.41, 5.74) is 0.969. The van der Waals surface area contributed by atoms with Crippen LogP contribution in [0.5, 0.6) is 0 Å². The lowest BCUT2D eigenvalue weighted by atomic mass is 10.2. The number of hydrogen-bond donors (Lipinski definition) is 1. The smallest absolute Gasteiger partial charge is 0.276 e. The van der Waals surface area contributed by atoms with Gasteiger partial charge in [-0.3, -0.25) is 9.59 Å². The van der Waals surface area contributed by atoms with E-state index in [-0.39, 0.29) is 16.1 Å². The number of amides is 1. The van der Waals surface area contributed by atoms with E-state index in [0.717, 1.165) is 24.8 Å². The number of nitrogens with one attached hydrogen (secondary N) is 1. The zero-order valence-electron chi connectivity index (χ0n) is 16.7. The summed E-state index contributed by atoms with van der Waals surface area (Å²) >= 11 is 0. The Kier molecular flexibility index (Phi) is 6.49. The zero-order valence-corrected chi connectivity index (χ0v) is 17.5. The second-order valence-corrected chi connectivity index (χ2v) is 9.11. The molecule has 29 heavy (non-hydrogen) atoms. The van der Waals surface area contributed by atoms with Crippen molar-refractivity contribution in [2.75, 3.05) is 18.4 Å². The largest absolute Gasteiger partial charge is 0.320 e. The second-order valence-electron chi connectivity index (χ2n) is 7.18. The fraction of sp³-hybridized carbons (Fsp3) is 0.450. The molecule has 1 aliphatic heterocycles. The summed E-state index contributed by atoms with van der Waals surface area (Å²) in [7, 11) is -3.60. The van der Waals surface area contributed by atoms with E-state index in [2.05, 4.69) is 10.4 Å². The molecule has 0 unspecified atom stereocenters. The number of nitrogens with zero attached hydrogens (tertiary/aromatic N) is 3. The summed E-state index contributed by atoms with van der Waals surface area (Å²) in [6.45, 7) is 5.15. The number of rotatable bonds is 6. The molecule has 156 valence electrons. The maximum Gasteiger partial charge on any atom is 0.276 e. The van der Waals surface area contributed by atoms with Crippen molar-refractivity contribution in [2.24, 2.45) is 0 Å². The third kappa shape index (κ3) is 4.73. The summed E-state index contributed by atoms with van der Waals surface area (Å²) in [6, 6.07) is 7.40. The average Bonchev–Trinajstić information content (AvgIpc) is 2.72. The average molecular weight is 419 g/mol. The molecule has 8 nitrogen and oxygen atoms in total. The molecule has 1 fully saturated rings. The lowest BCUT2D eigenvalue weighted by molar-refractivity contribution is 0.101. The van der Waals surface area contributed by atoms with E-state index < -0.39 is 15.9 Å². The van der Waals surface area contributed by atoms with Gasteiger partial charge in [0, 0.05) is 31.4 Å². The first-order valence-corrected chi connectivity index (χ1v) is 11.3. The molecule has 0 saturated carbocycles. The molecule has 1 aromatic heterocycles. The summed E-state index contributed by atoms with van der Waals surface area (Å²) in [4.78, 5) is 24.6. The maximum atomic E-state index is 12.9. The SMILES string of the molecule is CCCn1nc(C(=O)Nc2cc(S(=O)(=O)N3CCCCC3)ccc2C)ccc1=O. The molecule has 9 heteroatoms. The van der Waals surface area contributed by atoms with E-state index in [1.165, 1.54) is 27.2 Å². The number of sulfonamides is 1. The highest BCUT2D eigenvalue weighted by Crippen LogP contribution is 2.25. The van der Waals surface area contributed by atoms with Crippen molar-refractivity contribution >= 4 is 21.6 Å². The number of hydrogen-bond acceptors (Lipinski definition) is 5. The van der Waals surface area contributed by atoms with Crippen LogP contribution in [-0.4, -0.2) is 41.5 Å². The minimum atomic E-state index is -3.60. The molecule has 2 aromatic rings. The van der Waals surface area contributed by atoms with E-state index in [1.54, 1.807) is 19.1 Å². The second kappa shape index (κ2) is 8.87. The van der Waals surface area contributed by atoms with E-state index in [1.807, 2.05) is 6.92 Å². The fourth-order valence-corrected chi connectivity index (χ4v) is 4.82. The van der Waals surface area contributed by atoms with Crippen LogP contribution in [0.25, 0.3) is 0 Å². The van der Waals surface area contributed by atoms with Gasteiger partial charge in [-0.25, -0.2) is 13.1 Å². The van der Waals surface area contributed by atoms with Gasteiger partial charge in [0.2, 0.25) is 10.0 Å². The molecule has 1 aliphatic rings. The van der Waals surface area contributed by atoms with Crippen molar-refractivity contribution in [1.82, 2.24) is 14.1 Å². The molecule has 1 amide bonds. The third-order valence-electron chi connectivity index (χ3n) is 4.94. The van der Waals surface area contributed by atoms with Crippen molar-refractivity contribution in [3.05, 3.63) is 51.9 Å². The number of aryl methyl sites for hydroxylation is 2. The van der Waals surface area contributed by atoms with Gasteiger partial charge in [0.25, 0.3) is 11.5 Å². The number of carbonyl (C=O) groups is 1. The molecular weight excluding hydrogens is 392 g/mol. The molecule has 2 heterocycles. The van der Waals surface area contributed by atoms with Crippen LogP contribution in [0, 0.1) is 6.92 Å². The topological polar surface area (TPSA) is 101 Å². The van der Waals surface area contributed by atoms with Crippen LogP contribution < -0.4 is 10.9 Å². The first-order valence-electron chi connectivity index (χ1n) is 9.83. The van der Waals surface area contributed by atoms with Gasteiger partial charge in [-0.05, 0) is 49.9 Å². The quantitative estimate of drug-likeness (QED) is 0.776. The summed E-state index contributed by atoms with van der Waals surface area (Å²) < 4.78 is 28.6. The molecular formula is C20H26N4O4S. The van der Waals surface area contributed by atoms with Gasteiger partial charge in [-0.1, -0.05) is 19.4 Å². The van der Waals surface area contributed by atoms with Crippen LogP contribution in [0.1, 0.15) is 48.7 Å². The predicted octanol–water partition coefficient (Wildman–Crippen LogP) is 2.39. The summed E-state index contributed by atoms with van der Waals surface area (Å²) in [6.07, 6.45) is 3.46. The Balaban J connectivity index is 1.86. The summed E-state index contributed by atoms with van der Waals surface area (Å²) in [5.74, 6) is -0.495. The molecule has 1 N–H and O–H groups in total. The number of aromatic nitrogens is 2. The maximum absolute atomic E-state index is 12.9. The minimum absolute atomic E-state index is 0.0988. The molecule has 0 atom stereocenters. The Morgan fingerprint density at radius 2 is 1.86 bits per heavy atom. The molecule has 1 saturated heterocycles. The summed E-state index contributed by atoms with van der Waals surface area (Å²) in [5, 5.41) is 6.83. The van der Waals surface area contributed by atoms with Gasteiger partial charge in [0.05, 0.1) is 4.90 Å². The standard InChI is InChI=1S/C20H26N4O4S/c1-3-11-24-19(25)10-9-17(22-24)20(26)21-18-14-16(8-7-15(18)2)29(27,28)23-12-5-4-6-13-23/h7-10,14H,3-6,11-13H2,1-2H3,(H,21,26). The molecule has 3 rings (SSSR count). The predicted molar refractivity (Wildman–Crippen MR) is 111 cm³/mol. The first-order chi connectivity index (χ1) is 13.8. The van der Waals surface area contributed by atoms with Crippen molar-refractivity contribution in [1.29, 1.82) is 0 Å². The highest BCUT2D eigenvalue weighted by molar-refractivity contribution is 7.89. The lowest BCUT2D eigenvalue weighted by Crippen LogP contribution is -2.35. The van der Waals surface area contributed by atoms with Crippen LogP contribution in [0.4, 0.5) is 5.69 Å². The number of piperidine rings is 1. The van der Waals surface area contributed by atoms with E-state index in [4.69, 9.17) is 0 Å². The number of anilines is 1. The van der Waals surface area contributed by atoms with E-state index in [0.29, 0.717) is 31.7 Å². The molecule has 0 aliphatic carbocycles. The molecule has 0 radical (unpaired) electrons. The van der Waals surface area contributed by atoms with Crippen LogP contribution in [0.2, 0.25) is 0 Å². The van der Waals surface area contributed by atoms with Crippen LogP contribution >= 0.6 is 0 Å². The number of benzene rings is 1. The third-order valence-corrected chi connectivity index (χ3v) is 6.84. The fourth-order valence-electron chi connectivity index (χ4n) is 3.28. The van der Waals surface area contributed by atoms with Crippen LogP contribution in [0.15, 0.2) is 40.0 Å². The van der Waals surface area contributed by atoms with Crippen molar-refractivity contribution in [3.8, 4) is 0 Å². The first kappa shape index (κ1) is 21.2. The highest BCUT2D eigenvalue weighted by atomic mass is 32.2. The number of carbonyl (C=O) groups excluding carboxylic acids is 1.